The first-order valence-electron chi connectivity index (χ1n) is 13.9. The predicted octanol–water partition coefficient (Wildman–Crippen LogP) is 6.17. The summed E-state index contributed by atoms with van der Waals surface area (Å²) in [6, 6.07) is 37.0. The summed E-state index contributed by atoms with van der Waals surface area (Å²) in [5, 5.41) is 12.4. The molecule has 0 aliphatic rings. The van der Waals surface area contributed by atoms with Crippen LogP contribution in [0.15, 0.2) is 109 Å². The molecule has 0 saturated heterocycles. The van der Waals surface area contributed by atoms with Crippen LogP contribution in [0.5, 0.6) is 0 Å². The largest absolute Gasteiger partial charge is 2.00 e. The summed E-state index contributed by atoms with van der Waals surface area (Å²) < 4.78 is 0. The number of rotatable bonds is 13. The molecule has 4 rings (SSSR count). The maximum atomic E-state index is 12.4. The summed E-state index contributed by atoms with van der Waals surface area (Å²) in [7, 11) is 8.37. The number of nitrogens with zero attached hydrogens (tertiary/aromatic N) is 2. The second-order valence-corrected chi connectivity index (χ2v) is 10.6. The van der Waals surface area contributed by atoms with Crippen molar-refractivity contribution in [2.24, 2.45) is 5.73 Å². The van der Waals surface area contributed by atoms with Crippen LogP contribution >= 0.6 is 0 Å². The topological polar surface area (TPSA) is 52.7 Å². The Bertz CT molecular complexity index is 885. The zero-order chi connectivity index (χ0) is 27.6. The molecular weight excluding hydrogens is 578 g/mol. The zero-order valence-electron chi connectivity index (χ0n) is 24.6. The van der Waals surface area contributed by atoms with Gasteiger partial charge in [0.25, 0.3) is 0 Å². The smallest absolute Gasteiger partial charge is 0.391 e. The van der Waals surface area contributed by atoms with E-state index in [0.717, 1.165) is 38.8 Å². The van der Waals surface area contributed by atoms with Crippen LogP contribution in [-0.2, 0) is 34.1 Å². The third-order valence-electron chi connectivity index (χ3n) is 6.88. The molecule has 0 aliphatic carbocycles. The van der Waals surface area contributed by atoms with Gasteiger partial charge in [0.05, 0.1) is 5.60 Å². The van der Waals surface area contributed by atoms with Gasteiger partial charge in [-0.15, -0.1) is 0 Å². The summed E-state index contributed by atoms with van der Waals surface area (Å²) in [5.41, 5.74) is 7.34. The molecule has 0 spiro atoms. The molecule has 0 saturated carbocycles. The molecule has 40 heavy (non-hydrogen) atoms. The average molecular weight is 627 g/mol. The van der Waals surface area contributed by atoms with Crippen LogP contribution in [0.3, 0.4) is 0 Å². The molecule has 4 aromatic carbocycles. The minimum atomic E-state index is -0.828. The molecular formula is C34H49Fe2N3O. The first kappa shape index (κ1) is 38.3. The Labute approximate surface area is 265 Å². The quantitative estimate of drug-likeness (QED) is 0.106. The van der Waals surface area contributed by atoms with Crippen LogP contribution in [0.4, 0.5) is 0 Å². The molecule has 0 aliphatic heterocycles. The molecule has 0 heterocycles. The third-order valence-corrected chi connectivity index (χ3v) is 6.88. The standard InChI is InChI=1S/C24H39N3O.2C5H5.2Fe/c1-26(2)18-22(20-12-6-7-13-20)24(28,16-10-5-11-17-25)23(19-27(3)4)21-14-8-9-15-21;2*1-2-4-5-3-1;;/h6-9,12-15,22-23,28H,5,10-11,16-19,25H2,1-4H3;2*1-5H;;/q-2;2*-1;2*+2. The van der Waals surface area contributed by atoms with E-state index in [2.05, 4.69) is 86.5 Å². The second kappa shape index (κ2) is 22.0. The Morgan fingerprint density at radius 3 is 1.30 bits per heavy atom. The molecule has 0 amide bonds. The number of hydrogen-bond acceptors (Lipinski definition) is 4. The van der Waals surface area contributed by atoms with Gasteiger partial charge in [-0.2, -0.15) is 71.8 Å². The van der Waals surface area contributed by atoms with Gasteiger partial charge in [0.15, 0.2) is 0 Å². The van der Waals surface area contributed by atoms with E-state index in [9.17, 15) is 5.11 Å². The fourth-order valence-corrected chi connectivity index (χ4v) is 5.04. The Kier molecular flexibility index (Phi) is 21.0. The van der Waals surface area contributed by atoms with Crippen LogP contribution in [0.2, 0.25) is 0 Å². The van der Waals surface area contributed by atoms with Gasteiger partial charge in [0.2, 0.25) is 0 Å². The summed E-state index contributed by atoms with van der Waals surface area (Å²) in [6.07, 6.45) is 3.84. The van der Waals surface area contributed by atoms with Gasteiger partial charge in [-0.05, 0) is 72.5 Å². The number of aliphatic hydroxyl groups is 1. The maximum absolute atomic E-state index is 12.4. The number of unbranched alkanes of at least 4 members (excludes halogenated alkanes) is 2. The van der Waals surface area contributed by atoms with E-state index in [4.69, 9.17) is 5.73 Å². The molecule has 4 aromatic rings. The van der Waals surface area contributed by atoms with Crippen molar-refractivity contribution in [3.63, 3.8) is 0 Å². The zero-order valence-corrected chi connectivity index (χ0v) is 26.8. The van der Waals surface area contributed by atoms with Crippen LogP contribution in [0.25, 0.3) is 0 Å². The van der Waals surface area contributed by atoms with E-state index in [1.807, 2.05) is 60.7 Å². The van der Waals surface area contributed by atoms with Crippen molar-refractivity contribution in [3.8, 4) is 0 Å². The Morgan fingerprint density at radius 1 is 0.650 bits per heavy atom. The van der Waals surface area contributed by atoms with E-state index in [0.29, 0.717) is 6.54 Å². The van der Waals surface area contributed by atoms with Gasteiger partial charge in [0, 0.05) is 0 Å². The minimum absolute atomic E-state index is 0. The van der Waals surface area contributed by atoms with Crippen molar-refractivity contribution >= 4 is 0 Å². The van der Waals surface area contributed by atoms with Crippen LogP contribution < -0.4 is 5.73 Å². The van der Waals surface area contributed by atoms with Gasteiger partial charge < -0.3 is 20.6 Å². The molecule has 4 nitrogen and oxygen atoms in total. The molecule has 0 fully saturated rings. The van der Waals surface area contributed by atoms with E-state index >= 15 is 0 Å². The summed E-state index contributed by atoms with van der Waals surface area (Å²) in [6.45, 7) is 2.36. The SMILES string of the molecule is CN(C)CC([c-]1cccc1)C(O)(CCCCCN)C(CN(C)C)[c-]1cccc1.[Fe+2].[Fe+2].c1cc[cH-]c1.c1cc[cH-]c1. The first-order chi connectivity index (χ1) is 18.4. The molecule has 0 radical (unpaired) electrons. The normalized spacial score (nSPS) is 13.5. The fourth-order valence-electron chi connectivity index (χ4n) is 5.04. The fraction of sp³-hybridized carbons (Fsp3) is 0.412. The molecule has 222 valence electrons. The minimum Gasteiger partial charge on any atom is -0.391 e. The molecule has 6 heteroatoms. The second-order valence-electron chi connectivity index (χ2n) is 10.6. The summed E-state index contributed by atoms with van der Waals surface area (Å²) in [4.78, 5) is 4.39. The Balaban J connectivity index is 0.00000105. The monoisotopic (exact) mass is 627 g/mol. The molecule has 2 atom stereocenters. The van der Waals surface area contributed by atoms with Crippen molar-refractivity contribution in [2.45, 2.75) is 43.1 Å². The molecule has 0 bridgehead atoms. The first-order valence-corrected chi connectivity index (χ1v) is 13.9. The maximum Gasteiger partial charge on any atom is 2.00 e. The number of likely N-dealkylation sites (N-methyl/N-ethyl adjacent to an activating group) is 2. The van der Waals surface area contributed by atoms with E-state index in [1.54, 1.807) is 0 Å². The van der Waals surface area contributed by atoms with Crippen molar-refractivity contribution < 1.29 is 39.2 Å². The van der Waals surface area contributed by atoms with Crippen LogP contribution in [-0.4, -0.2) is 68.3 Å². The summed E-state index contributed by atoms with van der Waals surface area (Å²) >= 11 is 0. The molecule has 2 unspecified atom stereocenters. The van der Waals surface area contributed by atoms with E-state index < -0.39 is 5.60 Å². The Hall–Kier alpha value is -1.72. The summed E-state index contributed by atoms with van der Waals surface area (Å²) in [5.74, 6) is 0.102. The third kappa shape index (κ3) is 13.8. The van der Waals surface area contributed by atoms with Gasteiger partial charge in [-0.25, -0.2) is 48.5 Å². The van der Waals surface area contributed by atoms with Crippen molar-refractivity contribution in [3.05, 3.63) is 120 Å². The van der Waals surface area contributed by atoms with Crippen molar-refractivity contribution in [1.29, 1.82) is 0 Å². The predicted molar refractivity (Wildman–Crippen MR) is 163 cm³/mol. The number of nitrogens with two attached hydrogens (primary N) is 1. The van der Waals surface area contributed by atoms with Gasteiger partial charge in [-0.3, -0.25) is 0 Å². The van der Waals surface area contributed by atoms with Gasteiger partial charge in [0.1, 0.15) is 0 Å². The van der Waals surface area contributed by atoms with E-state index in [1.165, 1.54) is 11.1 Å². The number of hydrogen-bond donors (Lipinski definition) is 2. The van der Waals surface area contributed by atoms with Crippen molar-refractivity contribution in [1.82, 2.24) is 9.80 Å². The average Bonchev–Trinajstić information content (AvgIpc) is 3.73. The van der Waals surface area contributed by atoms with Crippen LogP contribution in [0, 0.1) is 0 Å². The van der Waals surface area contributed by atoms with Gasteiger partial charge >= 0.3 is 34.1 Å². The van der Waals surface area contributed by atoms with E-state index in [-0.39, 0.29) is 46.0 Å². The molecule has 3 N–H and O–H groups in total. The van der Waals surface area contributed by atoms with Crippen molar-refractivity contribution in [2.75, 3.05) is 47.8 Å². The Morgan fingerprint density at radius 2 is 1.02 bits per heavy atom. The van der Waals surface area contributed by atoms with Gasteiger partial charge in [-0.1, -0.05) is 12.8 Å². The molecule has 0 aromatic heterocycles. The van der Waals surface area contributed by atoms with Crippen LogP contribution in [0.1, 0.15) is 48.6 Å².